The van der Waals surface area contributed by atoms with Crippen molar-refractivity contribution in [2.24, 2.45) is 11.7 Å². The van der Waals surface area contributed by atoms with Gasteiger partial charge in [0.05, 0.1) is 17.0 Å². The molecule has 1 amide bonds. The molecule has 2 fully saturated rings. The van der Waals surface area contributed by atoms with Gasteiger partial charge in [-0.15, -0.1) is 0 Å². The Morgan fingerprint density at radius 1 is 1.13 bits per heavy atom. The van der Waals surface area contributed by atoms with Gasteiger partial charge in [0.2, 0.25) is 15.9 Å². The van der Waals surface area contributed by atoms with Crippen LogP contribution in [0.5, 0.6) is 0 Å². The van der Waals surface area contributed by atoms with E-state index in [9.17, 15) is 17.6 Å². The second-order valence-electron chi connectivity index (χ2n) is 10.1. The number of rotatable bonds is 8. The molecule has 0 bridgehead atoms. The van der Waals surface area contributed by atoms with Crippen LogP contribution in [0.2, 0.25) is 0 Å². The summed E-state index contributed by atoms with van der Waals surface area (Å²) in [7, 11) is -2.41. The van der Waals surface area contributed by atoms with Crippen LogP contribution in [-0.4, -0.2) is 79.0 Å². The molecule has 1 aromatic heterocycles. The number of carbonyl (C=O) groups is 1. The number of methoxy groups -OCH3 is 1. The van der Waals surface area contributed by atoms with Gasteiger partial charge in [-0.3, -0.25) is 4.79 Å². The third-order valence-corrected chi connectivity index (χ3v) is 9.48. The minimum atomic E-state index is -4.10. The molecule has 0 unspecified atom stereocenters. The van der Waals surface area contributed by atoms with Crippen LogP contribution in [-0.2, 0) is 26.1 Å². The number of halogens is 1. The van der Waals surface area contributed by atoms with Gasteiger partial charge in [-0.2, -0.15) is 4.31 Å². The number of aromatic nitrogens is 2. The van der Waals surface area contributed by atoms with E-state index in [2.05, 4.69) is 10.6 Å². The number of hydrogen-bond donors (Lipinski definition) is 1. The lowest BCUT2D eigenvalue weighted by atomic mass is 9.94. The number of nitrogens with two attached hydrogens (primary N) is 1. The minimum absolute atomic E-state index is 0.0281. The maximum absolute atomic E-state index is 14.3. The monoisotopic (exact) mass is 543 g/mol. The van der Waals surface area contributed by atoms with E-state index in [0.717, 1.165) is 53.0 Å². The average molecular weight is 544 g/mol. The molecular formula is C27H34FN5O4S. The Hall–Kier alpha value is -2.86. The largest absolute Gasteiger partial charge is 0.385 e. The molecule has 0 spiro atoms. The van der Waals surface area contributed by atoms with Crippen molar-refractivity contribution in [3.63, 3.8) is 0 Å². The van der Waals surface area contributed by atoms with Crippen molar-refractivity contribution in [2.75, 3.05) is 39.9 Å². The normalized spacial score (nSPS) is 22.8. The predicted octanol–water partition coefficient (Wildman–Crippen LogP) is 2.57. The first-order valence-electron chi connectivity index (χ1n) is 13.0. The Morgan fingerprint density at radius 2 is 1.89 bits per heavy atom. The number of fused-ring (bicyclic) bond motifs is 1. The van der Waals surface area contributed by atoms with Crippen molar-refractivity contribution < 1.29 is 22.3 Å². The summed E-state index contributed by atoms with van der Waals surface area (Å²) >= 11 is 0. The van der Waals surface area contributed by atoms with Crippen LogP contribution in [0.1, 0.15) is 31.0 Å². The SMILES string of the molecule is COCCCn1c([C@@H]2CCCN(C(=O)[C@@H]3CN(S(=O)(=O)c4ccccc4F)C[C@H]3N)C2)nc2ccccc21. The number of aryl methyl sites for hydroxylation is 1. The lowest BCUT2D eigenvalue weighted by molar-refractivity contribution is -0.136. The number of para-hydroxylation sites is 2. The van der Waals surface area contributed by atoms with E-state index in [0.29, 0.717) is 19.7 Å². The first kappa shape index (κ1) is 26.7. The Balaban J connectivity index is 1.33. The van der Waals surface area contributed by atoms with Crippen LogP contribution < -0.4 is 5.73 Å². The average Bonchev–Trinajstić information content (AvgIpc) is 3.50. The lowest BCUT2D eigenvalue weighted by Crippen LogP contribution is -2.47. The highest BCUT2D eigenvalue weighted by atomic mass is 32.2. The van der Waals surface area contributed by atoms with Crippen LogP contribution in [0.25, 0.3) is 11.0 Å². The second kappa shape index (κ2) is 11.1. The van der Waals surface area contributed by atoms with Crippen molar-refractivity contribution >= 4 is 27.0 Å². The second-order valence-corrected chi connectivity index (χ2v) is 12.0. The molecule has 3 aromatic rings. The fraction of sp³-hybridized carbons (Fsp3) is 0.481. The Labute approximate surface area is 222 Å². The van der Waals surface area contributed by atoms with Crippen LogP contribution in [0.3, 0.4) is 0 Å². The molecule has 5 rings (SSSR count). The first-order chi connectivity index (χ1) is 18.3. The molecule has 9 nitrogen and oxygen atoms in total. The summed E-state index contributed by atoms with van der Waals surface area (Å²) in [6.45, 7) is 2.41. The van der Waals surface area contributed by atoms with Gasteiger partial charge >= 0.3 is 0 Å². The molecule has 0 saturated carbocycles. The Morgan fingerprint density at radius 3 is 2.68 bits per heavy atom. The molecule has 3 atom stereocenters. The smallest absolute Gasteiger partial charge is 0.246 e. The number of imidazole rings is 1. The van der Waals surface area contributed by atoms with Gasteiger partial charge in [0, 0.05) is 58.4 Å². The van der Waals surface area contributed by atoms with Crippen molar-refractivity contribution in [3.05, 3.63) is 60.2 Å². The number of likely N-dealkylation sites (tertiary alicyclic amines) is 1. The van der Waals surface area contributed by atoms with E-state index in [4.69, 9.17) is 15.5 Å². The third-order valence-electron chi connectivity index (χ3n) is 7.62. The number of nitrogens with zero attached hydrogens (tertiary/aromatic N) is 4. The summed E-state index contributed by atoms with van der Waals surface area (Å²) < 4.78 is 49.1. The number of benzene rings is 2. The zero-order chi connectivity index (χ0) is 26.9. The zero-order valence-electron chi connectivity index (χ0n) is 21.5. The quantitative estimate of drug-likeness (QED) is 0.437. The van der Waals surface area contributed by atoms with Crippen LogP contribution in [0.4, 0.5) is 4.39 Å². The van der Waals surface area contributed by atoms with E-state index in [1.165, 1.54) is 18.2 Å². The van der Waals surface area contributed by atoms with Gasteiger partial charge in [0.1, 0.15) is 16.5 Å². The molecule has 11 heteroatoms. The number of piperidine rings is 1. The maximum atomic E-state index is 14.3. The van der Waals surface area contributed by atoms with Gasteiger partial charge in [0.25, 0.3) is 0 Å². The topological polar surface area (TPSA) is 111 Å². The first-order valence-corrected chi connectivity index (χ1v) is 14.5. The van der Waals surface area contributed by atoms with Crippen molar-refractivity contribution in [2.45, 2.75) is 42.7 Å². The lowest BCUT2D eigenvalue weighted by Gasteiger charge is -2.35. The molecule has 0 radical (unpaired) electrons. The van der Waals surface area contributed by atoms with Gasteiger partial charge in [-0.05, 0) is 43.5 Å². The van der Waals surface area contributed by atoms with Crippen molar-refractivity contribution in [1.82, 2.24) is 18.8 Å². The third kappa shape index (κ3) is 5.07. The molecular weight excluding hydrogens is 509 g/mol. The standard InChI is InChI=1S/C27H34FN5O4S/c1-37-15-7-14-33-24-11-4-3-10-23(24)30-26(33)19-8-6-13-31(16-19)27(34)20-17-32(18-22(20)29)38(35,36)25-12-5-2-9-21(25)28/h2-5,9-12,19-20,22H,6-8,13-18,29H2,1H3/t19-,20-,22-/m1/s1. The van der Waals surface area contributed by atoms with Crippen LogP contribution >= 0.6 is 0 Å². The molecule has 3 heterocycles. The summed E-state index contributed by atoms with van der Waals surface area (Å²) in [5.74, 6) is -0.646. The van der Waals surface area contributed by atoms with Gasteiger partial charge < -0.3 is 19.9 Å². The van der Waals surface area contributed by atoms with E-state index in [-0.39, 0.29) is 24.9 Å². The fourth-order valence-electron chi connectivity index (χ4n) is 5.67. The molecule has 2 aliphatic heterocycles. The number of hydrogen-bond acceptors (Lipinski definition) is 6. The molecule has 204 valence electrons. The molecule has 2 saturated heterocycles. The molecule has 0 aliphatic carbocycles. The fourth-order valence-corrected chi connectivity index (χ4v) is 7.24. The van der Waals surface area contributed by atoms with E-state index in [1.807, 2.05) is 18.2 Å². The van der Waals surface area contributed by atoms with E-state index < -0.39 is 32.7 Å². The number of carbonyl (C=O) groups excluding carboxylic acids is 1. The summed E-state index contributed by atoms with van der Waals surface area (Å²) in [6.07, 6.45) is 2.57. The predicted molar refractivity (Wildman–Crippen MR) is 141 cm³/mol. The summed E-state index contributed by atoms with van der Waals surface area (Å²) in [6, 6.07) is 12.6. The van der Waals surface area contributed by atoms with Crippen molar-refractivity contribution in [1.29, 1.82) is 0 Å². The van der Waals surface area contributed by atoms with Gasteiger partial charge in [0.15, 0.2) is 0 Å². The van der Waals surface area contributed by atoms with Crippen molar-refractivity contribution in [3.8, 4) is 0 Å². The van der Waals surface area contributed by atoms with E-state index in [1.54, 1.807) is 12.0 Å². The number of ether oxygens (including phenoxy) is 1. The highest BCUT2D eigenvalue weighted by Crippen LogP contribution is 2.32. The molecule has 2 aliphatic rings. The zero-order valence-corrected chi connectivity index (χ0v) is 22.3. The summed E-state index contributed by atoms with van der Waals surface area (Å²) in [5, 5.41) is 0. The minimum Gasteiger partial charge on any atom is -0.385 e. The highest BCUT2D eigenvalue weighted by Gasteiger charge is 2.44. The van der Waals surface area contributed by atoms with Crippen LogP contribution in [0.15, 0.2) is 53.4 Å². The molecule has 2 N–H and O–H groups in total. The number of amides is 1. The number of sulfonamides is 1. The Bertz CT molecular complexity index is 1410. The molecule has 2 aromatic carbocycles. The van der Waals surface area contributed by atoms with Gasteiger partial charge in [-0.25, -0.2) is 17.8 Å². The van der Waals surface area contributed by atoms with E-state index >= 15 is 0 Å². The van der Waals surface area contributed by atoms with Gasteiger partial charge in [-0.1, -0.05) is 24.3 Å². The summed E-state index contributed by atoms with van der Waals surface area (Å²) in [5.41, 5.74) is 8.29. The maximum Gasteiger partial charge on any atom is 0.246 e. The highest BCUT2D eigenvalue weighted by molar-refractivity contribution is 7.89. The Kier molecular flexibility index (Phi) is 7.80. The van der Waals surface area contributed by atoms with Crippen LogP contribution in [0, 0.1) is 11.7 Å². The molecule has 38 heavy (non-hydrogen) atoms. The summed E-state index contributed by atoms with van der Waals surface area (Å²) in [4.78, 5) is 20.0.